The number of guanidine groups is 1. The van der Waals surface area contributed by atoms with Gasteiger partial charge in [-0.05, 0) is 37.6 Å². The highest BCUT2D eigenvalue weighted by atomic mass is 127. The van der Waals surface area contributed by atoms with Gasteiger partial charge in [-0.2, -0.15) is 0 Å². The topological polar surface area (TPSA) is 49.8 Å². The van der Waals surface area contributed by atoms with Crippen LogP contribution in [0.5, 0.6) is 5.75 Å². The van der Waals surface area contributed by atoms with E-state index in [0.29, 0.717) is 6.54 Å². The summed E-state index contributed by atoms with van der Waals surface area (Å²) < 4.78 is 6.09. The Morgan fingerprint density at radius 1 is 1.19 bits per heavy atom. The van der Waals surface area contributed by atoms with Crippen LogP contribution in [-0.2, 0) is 6.54 Å². The Morgan fingerprint density at radius 3 is 2.59 bits per heavy atom. The first-order valence-electron chi connectivity index (χ1n) is 9.41. The first-order valence-corrected chi connectivity index (χ1v) is 9.41. The lowest BCUT2D eigenvalue weighted by atomic mass is 10.1. The van der Waals surface area contributed by atoms with Gasteiger partial charge in [-0.1, -0.05) is 24.3 Å². The number of nitrogens with one attached hydrogen (secondary N) is 1. The van der Waals surface area contributed by atoms with Crippen LogP contribution < -0.4 is 10.1 Å². The number of para-hydroxylation sites is 1. The standard InChI is InChI=1S/C21H28N4O.HI/c1-3-22-21(24-16-20-17(2)8-7-13-23-20)25-14-11-19(12-15-25)26-18-9-5-4-6-10-18;/h4-10,13,19H,3,11-12,14-16H2,1-2H3,(H,22,24);1H. The quantitative estimate of drug-likeness (QED) is 0.399. The number of aliphatic imine (C=N–C) groups is 1. The molecule has 0 atom stereocenters. The van der Waals surface area contributed by atoms with Gasteiger partial charge >= 0.3 is 0 Å². The number of aryl methyl sites for hydroxylation is 1. The molecule has 0 unspecified atom stereocenters. The third-order valence-electron chi connectivity index (χ3n) is 4.62. The lowest BCUT2D eigenvalue weighted by Crippen LogP contribution is -2.47. The van der Waals surface area contributed by atoms with Crippen LogP contribution in [0, 0.1) is 6.92 Å². The third kappa shape index (κ3) is 6.37. The van der Waals surface area contributed by atoms with Crippen LogP contribution in [0.1, 0.15) is 31.0 Å². The molecule has 1 fully saturated rings. The van der Waals surface area contributed by atoms with Gasteiger partial charge in [-0.15, -0.1) is 24.0 Å². The van der Waals surface area contributed by atoms with Crippen molar-refractivity contribution in [2.45, 2.75) is 39.3 Å². The molecule has 1 aliphatic heterocycles. The summed E-state index contributed by atoms with van der Waals surface area (Å²) in [6, 6.07) is 14.1. The highest BCUT2D eigenvalue weighted by Gasteiger charge is 2.22. The number of benzene rings is 1. The van der Waals surface area contributed by atoms with Gasteiger partial charge in [0, 0.05) is 38.7 Å². The normalized spacial score (nSPS) is 15.2. The van der Waals surface area contributed by atoms with Crippen LogP contribution in [-0.4, -0.2) is 41.6 Å². The summed E-state index contributed by atoms with van der Waals surface area (Å²) in [6.07, 6.45) is 4.11. The Bertz CT molecular complexity index is 715. The van der Waals surface area contributed by atoms with Gasteiger partial charge in [0.1, 0.15) is 11.9 Å². The summed E-state index contributed by atoms with van der Waals surface area (Å²) in [6.45, 7) is 7.55. The van der Waals surface area contributed by atoms with Crippen LogP contribution in [0.25, 0.3) is 0 Å². The monoisotopic (exact) mass is 480 g/mol. The second-order valence-electron chi connectivity index (χ2n) is 6.55. The van der Waals surface area contributed by atoms with Crippen molar-refractivity contribution in [2.75, 3.05) is 19.6 Å². The minimum Gasteiger partial charge on any atom is -0.490 e. The maximum absolute atomic E-state index is 6.09. The van der Waals surface area contributed by atoms with Crippen molar-refractivity contribution in [1.29, 1.82) is 0 Å². The Kier molecular flexibility index (Phi) is 8.84. The zero-order chi connectivity index (χ0) is 18.2. The predicted molar refractivity (Wildman–Crippen MR) is 121 cm³/mol. The molecule has 3 rings (SSSR count). The molecule has 27 heavy (non-hydrogen) atoms. The van der Waals surface area contributed by atoms with Gasteiger partial charge in [0.25, 0.3) is 0 Å². The Balaban J connectivity index is 0.00000261. The average molecular weight is 480 g/mol. The third-order valence-corrected chi connectivity index (χ3v) is 4.62. The van der Waals surface area contributed by atoms with E-state index in [9.17, 15) is 0 Å². The van der Waals surface area contributed by atoms with E-state index in [1.807, 2.05) is 42.6 Å². The molecule has 0 radical (unpaired) electrons. The van der Waals surface area contributed by atoms with E-state index in [2.05, 4.69) is 35.1 Å². The average Bonchev–Trinajstić information content (AvgIpc) is 2.68. The second-order valence-corrected chi connectivity index (χ2v) is 6.55. The Hall–Kier alpha value is -1.83. The van der Waals surface area contributed by atoms with Crippen LogP contribution in [0.4, 0.5) is 0 Å². The molecule has 1 saturated heterocycles. The number of aromatic nitrogens is 1. The molecule has 0 bridgehead atoms. The number of nitrogens with zero attached hydrogens (tertiary/aromatic N) is 3. The minimum absolute atomic E-state index is 0. The largest absolute Gasteiger partial charge is 0.490 e. The second kappa shape index (κ2) is 11.1. The zero-order valence-corrected chi connectivity index (χ0v) is 18.4. The van der Waals surface area contributed by atoms with Crippen molar-refractivity contribution < 1.29 is 4.74 Å². The summed E-state index contributed by atoms with van der Waals surface area (Å²) in [4.78, 5) is 11.6. The number of halogens is 1. The molecule has 146 valence electrons. The fourth-order valence-electron chi connectivity index (χ4n) is 3.14. The molecule has 0 amide bonds. The summed E-state index contributed by atoms with van der Waals surface area (Å²) in [5, 5.41) is 3.41. The Labute approximate surface area is 179 Å². The fraction of sp³-hybridized carbons (Fsp3) is 0.429. The van der Waals surface area contributed by atoms with Crippen molar-refractivity contribution in [3.63, 3.8) is 0 Å². The summed E-state index contributed by atoms with van der Waals surface area (Å²) in [5.74, 6) is 1.92. The number of rotatable bonds is 5. The molecule has 1 aromatic heterocycles. The van der Waals surface area contributed by atoms with Gasteiger partial charge in [0.05, 0.1) is 12.2 Å². The smallest absolute Gasteiger partial charge is 0.194 e. The van der Waals surface area contributed by atoms with Crippen molar-refractivity contribution in [3.05, 3.63) is 59.9 Å². The molecule has 1 N–H and O–H groups in total. The van der Waals surface area contributed by atoms with Crippen LogP contribution >= 0.6 is 24.0 Å². The van der Waals surface area contributed by atoms with Gasteiger partial charge in [-0.25, -0.2) is 4.99 Å². The van der Waals surface area contributed by atoms with E-state index in [4.69, 9.17) is 9.73 Å². The molecule has 6 heteroatoms. The van der Waals surface area contributed by atoms with E-state index in [1.54, 1.807) is 0 Å². The molecule has 2 heterocycles. The number of ether oxygens (including phenoxy) is 1. The van der Waals surface area contributed by atoms with Gasteiger partial charge in [0.15, 0.2) is 5.96 Å². The molecule has 0 spiro atoms. The van der Waals surface area contributed by atoms with E-state index in [0.717, 1.165) is 49.9 Å². The number of likely N-dealkylation sites (tertiary alicyclic amines) is 1. The van der Waals surface area contributed by atoms with Crippen molar-refractivity contribution in [3.8, 4) is 5.75 Å². The SMILES string of the molecule is CCNC(=NCc1ncccc1C)N1CCC(Oc2ccccc2)CC1.I. The van der Waals surface area contributed by atoms with E-state index < -0.39 is 0 Å². The molecule has 1 aromatic carbocycles. The molecule has 2 aromatic rings. The number of pyridine rings is 1. The van der Waals surface area contributed by atoms with Gasteiger partial charge in [0.2, 0.25) is 0 Å². The first-order chi connectivity index (χ1) is 12.8. The fourth-order valence-corrected chi connectivity index (χ4v) is 3.14. The summed E-state index contributed by atoms with van der Waals surface area (Å²) >= 11 is 0. The summed E-state index contributed by atoms with van der Waals surface area (Å²) in [5.41, 5.74) is 2.22. The lowest BCUT2D eigenvalue weighted by molar-refractivity contribution is 0.129. The van der Waals surface area contributed by atoms with E-state index in [1.165, 1.54) is 5.56 Å². The maximum Gasteiger partial charge on any atom is 0.194 e. The highest BCUT2D eigenvalue weighted by Crippen LogP contribution is 2.19. The molecule has 5 nitrogen and oxygen atoms in total. The highest BCUT2D eigenvalue weighted by molar-refractivity contribution is 14.0. The van der Waals surface area contributed by atoms with Gasteiger partial charge in [-0.3, -0.25) is 4.98 Å². The maximum atomic E-state index is 6.09. The molecular weight excluding hydrogens is 451 g/mol. The zero-order valence-electron chi connectivity index (χ0n) is 16.1. The molecule has 0 saturated carbocycles. The molecular formula is C21H29IN4O. The van der Waals surface area contributed by atoms with Crippen molar-refractivity contribution in [1.82, 2.24) is 15.2 Å². The molecule has 1 aliphatic rings. The van der Waals surface area contributed by atoms with Crippen LogP contribution in [0.3, 0.4) is 0 Å². The number of hydrogen-bond acceptors (Lipinski definition) is 3. The minimum atomic E-state index is 0. The predicted octanol–water partition coefficient (Wildman–Crippen LogP) is 4.02. The molecule has 0 aliphatic carbocycles. The summed E-state index contributed by atoms with van der Waals surface area (Å²) in [7, 11) is 0. The van der Waals surface area contributed by atoms with E-state index in [-0.39, 0.29) is 30.1 Å². The lowest BCUT2D eigenvalue weighted by Gasteiger charge is -2.34. The van der Waals surface area contributed by atoms with E-state index >= 15 is 0 Å². The van der Waals surface area contributed by atoms with Crippen molar-refractivity contribution >= 4 is 29.9 Å². The first kappa shape index (κ1) is 21.5. The van der Waals surface area contributed by atoms with Crippen LogP contribution in [0.15, 0.2) is 53.7 Å². The number of hydrogen-bond donors (Lipinski definition) is 1. The van der Waals surface area contributed by atoms with Gasteiger partial charge < -0.3 is 15.0 Å². The number of piperidine rings is 1. The van der Waals surface area contributed by atoms with Crippen molar-refractivity contribution in [2.24, 2.45) is 4.99 Å². The Morgan fingerprint density at radius 2 is 1.93 bits per heavy atom. The van der Waals surface area contributed by atoms with Crippen LogP contribution in [0.2, 0.25) is 0 Å².